The second-order valence-corrected chi connectivity index (χ2v) is 9.58. The molecule has 1 amide bonds. The number of rotatable bonds is 7. The number of aromatic nitrogens is 3. The number of thiazole rings is 1. The Labute approximate surface area is 201 Å². The van der Waals surface area contributed by atoms with E-state index in [9.17, 15) is 18.0 Å². The molecule has 4 aromatic rings. The Morgan fingerprint density at radius 3 is 2.63 bits per heavy atom. The van der Waals surface area contributed by atoms with E-state index >= 15 is 0 Å². The average Bonchev–Trinajstić information content (AvgIpc) is 3.25. The van der Waals surface area contributed by atoms with Crippen LogP contribution in [0.1, 0.15) is 46.3 Å². The highest BCUT2D eigenvalue weighted by Gasteiger charge is 2.44. The molecule has 0 radical (unpaired) electrons. The van der Waals surface area contributed by atoms with E-state index in [-0.39, 0.29) is 18.2 Å². The first-order valence-corrected chi connectivity index (χ1v) is 11.6. The van der Waals surface area contributed by atoms with Crippen molar-refractivity contribution < 1.29 is 22.4 Å². The third kappa shape index (κ3) is 5.33. The molecule has 178 valence electrons. The fourth-order valence-electron chi connectivity index (χ4n) is 3.69. The Morgan fingerprint density at radius 1 is 1.11 bits per heavy atom. The number of benzene rings is 2. The molecule has 1 N–H and O–H groups in total. The van der Waals surface area contributed by atoms with Crippen LogP contribution in [-0.2, 0) is 30.2 Å². The highest BCUT2D eigenvalue weighted by Crippen LogP contribution is 2.34. The summed E-state index contributed by atoms with van der Waals surface area (Å²) in [6, 6.07) is 13.0. The fraction of sp³-hybridized carbons (Fsp3) is 0.292. The minimum Gasteiger partial charge on any atom is -0.424 e. The number of carbonyl (C=O) groups excluding carboxylic acids is 1. The fourth-order valence-corrected chi connectivity index (χ4v) is 4.72. The van der Waals surface area contributed by atoms with Gasteiger partial charge in [0.15, 0.2) is 0 Å². The summed E-state index contributed by atoms with van der Waals surface area (Å²) in [5.41, 5.74) is 0.812. The Kier molecular flexibility index (Phi) is 5.76. The van der Waals surface area contributed by atoms with Crippen LogP contribution in [0.5, 0.6) is 0 Å². The molecule has 0 aliphatic heterocycles. The van der Waals surface area contributed by atoms with Gasteiger partial charge in [-0.05, 0) is 48.6 Å². The lowest BCUT2D eigenvalue weighted by Crippen LogP contribution is -2.36. The molecule has 1 fully saturated rings. The van der Waals surface area contributed by atoms with Crippen LogP contribution in [0, 0.1) is 11.3 Å². The van der Waals surface area contributed by atoms with Gasteiger partial charge in [0.05, 0.1) is 28.3 Å². The maximum Gasteiger partial charge on any atom is 0.416 e. The van der Waals surface area contributed by atoms with Gasteiger partial charge in [-0.1, -0.05) is 24.3 Å². The van der Waals surface area contributed by atoms with Crippen LogP contribution in [0.25, 0.3) is 10.2 Å². The van der Waals surface area contributed by atoms with Crippen molar-refractivity contribution in [2.24, 2.45) is 0 Å². The lowest BCUT2D eigenvalue weighted by molar-refractivity contribution is -0.137. The van der Waals surface area contributed by atoms with Crippen LogP contribution in [0.15, 0.2) is 46.9 Å². The van der Waals surface area contributed by atoms with E-state index in [1.165, 1.54) is 23.5 Å². The number of fused-ring (bicyclic) bond motifs is 1. The van der Waals surface area contributed by atoms with Gasteiger partial charge < -0.3 is 9.73 Å². The van der Waals surface area contributed by atoms with E-state index in [0.717, 1.165) is 26.9 Å². The summed E-state index contributed by atoms with van der Waals surface area (Å²) >= 11 is 1.43. The normalized spacial score (nSPS) is 14.6. The molecule has 1 aliphatic carbocycles. The first kappa shape index (κ1) is 23.0. The zero-order valence-electron chi connectivity index (χ0n) is 18.2. The topological polar surface area (TPSA) is 105 Å². The van der Waals surface area contributed by atoms with Gasteiger partial charge >= 0.3 is 6.18 Å². The number of alkyl halides is 3. The molecule has 11 heteroatoms. The second kappa shape index (κ2) is 8.78. The van der Waals surface area contributed by atoms with Crippen LogP contribution < -0.4 is 5.32 Å². The van der Waals surface area contributed by atoms with Gasteiger partial charge in [-0.2, -0.15) is 18.4 Å². The first-order valence-electron chi connectivity index (χ1n) is 10.8. The van der Waals surface area contributed by atoms with E-state index in [1.807, 2.05) is 18.2 Å². The van der Waals surface area contributed by atoms with Gasteiger partial charge in [0.1, 0.15) is 17.0 Å². The summed E-state index contributed by atoms with van der Waals surface area (Å²) in [7, 11) is 0. The Bertz CT molecular complexity index is 1450. The van der Waals surface area contributed by atoms with Gasteiger partial charge in [0, 0.05) is 0 Å². The third-order valence-electron chi connectivity index (χ3n) is 5.63. The molecule has 0 saturated heterocycles. The molecular weight excluding hydrogens is 479 g/mol. The van der Waals surface area contributed by atoms with Gasteiger partial charge in [-0.25, -0.2) is 4.98 Å². The quantitative estimate of drug-likeness (QED) is 0.400. The summed E-state index contributed by atoms with van der Waals surface area (Å²) in [6.45, 7) is 0. The van der Waals surface area contributed by atoms with Crippen LogP contribution >= 0.6 is 11.3 Å². The molecule has 1 saturated carbocycles. The Morgan fingerprint density at radius 2 is 1.89 bits per heavy atom. The maximum atomic E-state index is 13.0. The molecule has 5 rings (SSSR count). The predicted octanol–water partition coefficient (Wildman–Crippen LogP) is 4.59. The van der Waals surface area contributed by atoms with Gasteiger partial charge in [0.25, 0.3) is 0 Å². The van der Waals surface area contributed by atoms with Crippen molar-refractivity contribution in [1.29, 1.82) is 5.26 Å². The largest absolute Gasteiger partial charge is 0.424 e. The lowest BCUT2D eigenvalue weighted by atomic mass is 10.0. The first-order chi connectivity index (χ1) is 16.7. The Hall–Kier alpha value is -3.78. The molecular formula is C24H18F3N5O2S. The van der Waals surface area contributed by atoms with Crippen molar-refractivity contribution in [1.82, 2.24) is 20.5 Å². The minimum absolute atomic E-state index is 0.102. The smallest absolute Gasteiger partial charge is 0.416 e. The minimum atomic E-state index is -4.37. The number of hydrogen-bond donors (Lipinski definition) is 1. The second-order valence-electron chi connectivity index (χ2n) is 8.47. The van der Waals surface area contributed by atoms with E-state index in [2.05, 4.69) is 26.6 Å². The number of carbonyl (C=O) groups is 1. The predicted molar refractivity (Wildman–Crippen MR) is 120 cm³/mol. The summed E-state index contributed by atoms with van der Waals surface area (Å²) in [6.07, 6.45) is -2.53. The van der Waals surface area contributed by atoms with E-state index in [1.54, 1.807) is 6.07 Å². The number of halogens is 3. The maximum absolute atomic E-state index is 13.0. The number of amides is 1. The molecule has 0 bridgehead atoms. The van der Waals surface area contributed by atoms with Crippen molar-refractivity contribution in [3.8, 4) is 6.07 Å². The average molecular weight is 498 g/mol. The van der Waals surface area contributed by atoms with Crippen molar-refractivity contribution in [3.63, 3.8) is 0 Å². The summed E-state index contributed by atoms with van der Waals surface area (Å²) in [5, 5.41) is 20.4. The summed E-state index contributed by atoms with van der Waals surface area (Å²) in [4.78, 5) is 16.7. The number of hydrogen-bond acceptors (Lipinski definition) is 7. The van der Waals surface area contributed by atoms with Gasteiger partial charge in [-0.3, -0.25) is 4.79 Å². The molecule has 0 atom stereocenters. The van der Waals surface area contributed by atoms with Crippen LogP contribution in [0.4, 0.5) is 13.2 Å². The van der Waals surface area contributed by atoms with Crippen molar-refractivity contribution in [3.05, 3.63) is 75.9 Å². The highest BCUT2D eigenvalue weighted by molar-refractivity contribution is 7.18. The molecule has 0 spiro atoms. The number of nitriles is 1. The Balaban J connectivity index is 1.25. The zero-order chi connectivity index (χ0) is 24.6. The van der Waals surface area contributed by atoms with Crippen molar-refractivity contribution in [2.75, 3.05) is 0 Å². The van der Waals surface area contributed by atoms with Crippen molar-refractivity contribution >= 4 is 27.5 Å². The van der Waals surface area contributed by atoms with Crippen LogP contribution in [0.3, 0.4) is 0 Å². The van der Waals surface area contributed by atoms with Crippen LogP contribution in [-0.4, -0.2) is 26.6 Å². The number of nitrogens with one attached hydrogen (secondary N) is 1. The third-order valence-corrected chi connectivity index (χ3v) is 6.64. The molecule has 35 heavy (non-hydrogen) atoms. The molecule has 2 aromatic carbocycles. The molecule has 2 heterocycles. The zero-order valence-corrected chi connectivity index (χ0v) is 19.0. The van der Waals surface area contributed by atoms with E-state index in [4.69, 9.17) is 9.68 Å². The highest BCUT2D eigenvalue weighted by atomic mass is 32.1. The molecule has 7 nitrogen and oxygen atoms in total. The number of nitrogens with zero attached hydrogens (tertiary/aromatic N) is 4. The molecule has 0 unspecified atom stereocenters. The lowest BCUT2D eigenvalue weighted by Gasteiger charge is -2.08. The van der Waals surface area contributed by atoms with Crippen LogP contribution in [0.2, 0.25) is 0 Å². The standard InChI is InChI=1S/C24H18F3N5O2S/c25-24(26,27)16-3-1-2-14(9-16)8-15-4-5-17-18(10-15)35-22(29-17)12-21-32-31-20(34-21)11-19(33)30-23(13-28)6-7-23/h1-5,9-10H,6-8,11-12H2,(H,30,33). The molecule has 2 aromatic heterocycles. The van der Waals surface area contributed by atoms with Gasteiger partial charge in [0.2, 0.25) is 17.7 Å². The SMILES string of the molecule is N#CC1(NC(=O)Cc2nnc(Cc3nc4ccc(Cc5cccc(C(F)(F)F)c5)cc4s3)o2)CC1. The molecule has 1 aliphatic rings. The van der Waals surface area contributed by atoms with E-state index < -0.39 is 17.3 Å². The van der Waals surface area contributed by atoms with E-state index in [0.29, 0.717) is 37.1 Å². The summed E-state index contributed by atoms with van der Waals surface area (Å²) < 4.78 is 45.4. The summed E-state index contributed by atoms with van der Waals surface area (Å²) in [5.74, 6) is 0.140. The van der Waals surface area contributed by atoms with Gasteiger partial charge in [-0.15, -0.1) is 21.5 Å². The monoisotopic (exact) mass is 497 g/mol. The van der Waals surface area contributed by atoms with Crippen molar-refractivity contribution in [2.45, 2.75) is 43.8 Å².